The third-order valence-corrected chi connectivity index (χ3v) is 4.23. The van der Waals surface area contributed by atoms with E-state index in [1.165, 1.54) is 26.7 Å². The Bertz CT molecular complexity index is 345. The van der Waals surface area contributed by atoms with Crippen molar-refractivity contribution in [2.75, 3.05) is 6.61 Å². The molecule has 0 saturated carbocycles. The topological polar surface area (TPSA) is 60.4 Å². The number of hydrogen-bond acceptors (Lipinski definition) is 4. The Morgan fingerprint density at radius 1 is 0.850 bits per heavy atom. The average molecular weight is 282 g/mol. The van der Waals surface area contributed by atoms with Crippen molar-refractivity contribution in [3.63, 3.8) is 0 Å². The Kier molecular flexibility index (Phi) is 6.89. The van der Waals surface area contributed by atoms with Gasteiger partial charge >= 0.3 is 5.97 Å². The van der Waals surface area contributed by atoms with Gasteiger partial charge in [-0.15, -0.1) is 0 Å². The fourth-order valence-electron chi connectivity index (χ4n) is 2.83. The van der Waals surface area contributed by atoms with E-state index in [1.54, 1.807) is 0 Å². The Hall–Kier alpha value is -1.19. The van der Waals surface area contributed by atoms with Crippen molar-refractivity contribution in [3.8, 4) is 0 Å². The monoisotopic (exact) mass is 282 g/mol. The molecule has 4 nitrogen and oxygen atoms in total. The summed E-state index contributed by atoms with van der Waals surface area (Å²) in [4.78, 5) is 36.1. The second-order valence-corrected chi connectivity index (χ2v) is 5.73. The summed E-state index contributed by atoms with van der Waals surface area (Å²) in [5, 5.41) is 0. The number of Topliss-reactive ketones (excluding diaryl/α,β-unsaturated/α-hetero) is 2. The lowest BCUT2D eigenvalue weighted by Gasteiger charge is -2.26. The molecule has 1 heterocycles. The van der Waals surface area contributed by atoms with Gasteiger partial charge in [0.1, 0.15) is 0 Å². The van der Waals surface area contributed by atoms with Gasteiger partial charge in [0.05, 0.1) is 6.61 Å². The van der Waals surface area contributed by atoms with E-state index in [0.717, 1.165) is 32.1 Å². The number of ketones is 2. The molecule has 1 saturated heterocycles. The lowest BCUT2D eigenvalue weighted by atomic mass is 9.75. The zero-order valence-electron chi connectivity index (χ0n) is 12.7. The van der Waals surface area contributed by atoms with Crippen LogP contribution in [-0.2, 0) is 19.1 Å². The molecule has 0 aromatic rings. The summed E-state index contributed by atoms with van der Waals surface area (Å²) in [6, 6.07) is 0. The highest BCUT2D eigenvalue weighted by Crippen LogP contribution is 2.30. The third kappa shape index (κ3) is 4.15. The highest BCUT2D eigenvalue weighted by molar-refractivity contribution is 6.21. The van der Waals surface area contributed by atoms with Crippen LogP contribution in [0.25, 0.3) is 0 Å². The number of cyclic esters (lactones) is 1. The number of carbonyl (C=O) groups excluding carboxylic acids is 3. The van der Waals surface area contributed by atoms with Crippen molar-refractivity contribution in [1.82, 2.24) is 0 Å². The van der Waals surface area contributed by atoms with E-state index in [1.807, 2.05) is 0 Å². The summed E-state index contributed by atoms with van der Waals surface area (Å²) in [7, 11) is 0. The predicted octanol–water partition coefficient (Wildman–Crippen LogP) is 3.22. The van der Waals surface area contributed by atoms with Crippen molar-refractivity contribution in [2.24, 2.45) is 5.41 Å². The van der Waals surface area contributed by atoms with Crippen LogP contribution in [0.1, 0.15) is 71.6 Å². The molecule has 114 valence electrons. The van der Waals surface area contributed by atoms with Crippen molar-refractivity contribution < 1.29 is 19.1 Å². The largest absolute Gasteiger partial charge is 0.465 e. The van der Waals surface area contributed by atoms with Crippen LogP contribution in [0.15, 0.2) is 0 Å². The molecule has 0 aromatic carbocycles. The predicted molar refractivity (Wildman–Crippen MR) is 76.3 cm³/mol. The van der Waals surface area contributed by atoms with Gasteiger partial charge in [0.2, 0.25) is 0 Å². The first-order valence-electron chi connectivity index (χ1n) is 7.71. The van der Waals surface area contributed by atoms with Gasteiger partial charge in [0.15, 0.2) is 17.0 Å². The minimum atomic E-state index is -1.56. The van der Waals surface area contributed by atoms with Crippen molar-refractivity contribution >= 4 is 17.5 Å². The Morgan fingerprint density at radius 3 is 1.80 bits per heavy atom. The second-order valence-electron chi connectivity index (χ2n) is 5.73. The summed E-state index contributed by atoms with van der Waals surface area (Å²) in [5.41, 5.74) is -1.56. The summed E-state index contributed by atoms with van der Waals surface area (Å²) in [5.74, 6) is -1.41. The summed E-state index contributed by atoms with van der Waals surface area (Å²) < 4.78 is 5.21. The highest BCUT2D eigenvalue weighted by atomic mass is 16.5. The molecule has 1 rings (SSSR count). The van der Waals surface area contributed by atoms with Gasteiger partial charge in [0.25, 0.3) is 0 Å². The van der Waals surface area contributed by atoms with Gasteiger partial charge in [-0.2, -0.15) is 0 Å². The molecular formula is C16H26O4. The molecule has 0 amide bonds. The Morgan fingerprint density at radius 2 is 1.30 bits per heavy atom. The van der Waals surface area contributed by atoms with Crippen molar-refractivity contribution in [1.29, 1.82) is 0 Å². The molecule has 0 aliphatic carbocycles. The summed E-state index contributed by atoms with van der Waals surface area (Å²) in [6.07, 6.45) is 8.43. The van der Waals surface area contributed by atoms with Crippen LogP contribution in [0.3, 0.4) is 0 Å². The highest BCUT2D eigenvalue weighted by Gasteiger charge is 2.48. The molecule has 20 heavy (non-hydrogen) atoms. The number of carbonyl (C=O) groups is 3. The van der Waals surface area contributed by atoms with Crippen LogP contribution in [0.2, 0.25) is 0 Å². The van der Waals surface area contributed by atoms with Crippen LogP contribution in [-0.4, -0.2) is 24.1 Å². The third-order valence-electron chi connectivity index (χ3n) is 4.23. The fourth-order valence-corrected chi connectivity index (χ4v) is 2.83. The SMILES string of the molecule is CC(=O)C1(C(C)=O)CCCCCCCCCCOC1=O. The van der Waals surface area contributed by atoms with Gasteiger partial charge in [-0.05, 0) is 26.7 Å². The number of esters is 1. The normalized spacial score (nSPS) is 21.8. The van der Waals surface area contributed by atoms with Crippen LogP contribution in [0.5, 0.6) is 0 Å². The molecule has 1 aliphatic heterocycles. The number of hydrogen-bond donors (Lipinski definition) is 0. The Balaban J connectivity index is 2.86. The molecular weight excluding hydrogens is 256 g/mol. The van der Waals surface area contributed by atoms with E-state index in [9.17, 15) is 14.4 Å². The quantitative estimate of drug-likeness (QED) is 0.576. The van der Waals surface area contributed by atoms with Gasteiger partial charge in [0, 0.05) is 0 Å². The molecule has 0 bridgehead atoms. The first kappa shape index (κ1) is 16.9. The maximum absolute atomic E-state index is 12.3. The van der Waals surface area contributed by atoms with Gasteiger partial charge < -0.3 is 4.74 Å². The van der Waals surface area contributed by atoms with Gasteiger partial charge in [-0.3, -0.25) is 14.4 Å². The van der Waals surface area contributed by atoms with Crippen molar-refractivity contribution in [2.45, 2.75) is 71.6 Å². The van der Waals surface area contributed by atoms with Crippen LogP contribution < -0.4 is 0 Å². The average Bonchev–Trinajstić information content (AvgIpc) is 2.40. The molecule has 4 heteroatoms. The molecule has 0 atom stereocenters. The zero-order valence-corrected chi connectivity index (χ0v) is 12.7. The Labute approximate surface area is 121 Å². The first-order valence-corrected chi connectivity index (χ1v) is 7.71. The van der Waals surface area contributed by atoms with E-state index in [-0.39, 0.29) is 18.0 Å². The smallest absolute Gasteiger partial charge is 0.327 e. The molecule has 0 spiro atoms. The van der Waals surface area contributed by atoms with E-state index in [2.05, 4.69) is 0 Å². The number of rotatable bonds is 2. The van der Waals surface area contributed by atoms with E-state index >= 15 is 0 Å². The lowest BCUT2D eigenvalue weighted by molar-refractivity contribution is -0.164. The molecule has 1 aliphatic rings. The van der Waals surface area contributed by atoms with Crippen LogP contribution >= 0.6 is 0 Å². The van der Waals surface area contributed by atoms with E-state index in [0.29, 0.717) is 13.0 Å². The summed E-state index contributed by atoms with van der Waals surface area (Å²) >= 11 is 0. The maximum Gasteiger partial charge on any atom is 0.327 e. The van der Waals surface area contributed by atoms with Gasteiger partial charge in [-0.1, -0.05) is 44.9 Å². The van der Waals surface area contributed by atoms with E-state index in [4.69, 9.17) is 4.74 Å². The van der Waals surface area contributed by atoms with Crippen molar-refractivity contribution in [3.05, 3.63) is 0 Å². The molecule has 0 N–H and O–H groups in total. The fraction of sp³-hybridized carbons (Fsp3) is 0.812. The minimum absolute atomic E-state index is 0.288. The maximum atomic E-state index is 12.3. The standard InChI is InChI=1S/C16H26O4/c1-13(17)16(14(2)18)11-9-7-5-3-4-6-8-10-12-20-15(16)19/h3-12H2,1-2H3. The minimum Gasteiger partial charge on any atom is -0.465 e. The number of ether oxygens (including phenoxy) is 1. The van der Waals surface area contributed by atoms with Crippen LogP contribution in [0.4, 0.5) is 0 Å². The van der Waals surface area contributed by atoms with E-state index < -0.39 is 11.4 Å². The summed E-state index contributed by atoms with van der Waals surface area (Å²) in [6.45, 7) is 2.95. The van der Waals surface area contributed by atoms with Gasteiger partial charge in [-0.25, -0.2) is 0 Å². The lowest BCUT2D eigenvalue weighted by Crippen LogP contribution is -2.45. The molecule has 0 unspecified atom stereocenters. The molecule has 1 fully saturated rings. The zero-order chi connectivity index (χ0) is 15.0. The molecule has 0 aromatic heterocycles. The molecule has 0 radical (unpaired) electrons. The second kappa shape index (κ2) is 8.18. The first-order chi connectivity index (χ1) is 9.51. The van der Waals surface area contributed by atoms with Crippen LogP contribution in [0, 0.1) is 5.41 Å².